The van der Waals surface area contributed by atoms with Crippen molar-refractivity contribution in [3.05, 3.63) is 0 Å². The highest BCUT2D eigenvalue weighted by molar-refractivity contribution is 4.89. The molecule has 94 valence electrons. The molecule has 3 heteroatoms. The van der Waals surface area contributed by atoms with Gasteiger partial charge >= 0.3 is 0 Å². The molecule has 0 aromatic carbocycles. The maximum absolute atomic E-state index is 3.43. The standard InChI is InChI=1S/C13H27N3/c1-14-11-4-5-13(10-11)16-8-6-12(7-9-16)15(2)3/h11-14H,4-10H2,1-3H3. The van der Waals surface area contributed by atoms with E-state index in [0.29, 0.717) is 0 Å². The van der Waals surface area contributed by atoms with Crippen molar-refractivity contribution in [2.45, 2.75) is 50.2 Å². The van der Waals surface area contributed by atoms with Gasteiger partial charge in [0, 0.05) is 18.1 Å². The van der Waals surface area contributed by atoms with E-state index in [2.05, 4.69) is 36.3 Å². The van der Waals surface area contributed by atoms with Crippen LogP contribution < -0.4 is 5.32 Å². The second-order valence-electron chi connectivity index (χ2n) is 5.68. The molecule has 1 saturated carbocycles. The van der Waals surface area contributed by atoms with Gasteiger partial charge in [0.05, 0.1) is 0 Å². The van der Waals surface area contributed by atoms with Gasteiger partial charge in [-0.15, -0.1) is 0 Å². The minimum Gasteiger partial charge on any atom is -0.317 e. The Morgan fingerprint density at radius 1 is 1.06 bits per heavy atom. The van der Waals surface area contributed by atoms with Crippen LogP contribution >= 0.6 is 0 Å². The number of hydrogen-bond donors (Lipinski definition) is 1. The summed E-state index contributed by atoms with van der Waals surface area (Å²) in [5, 5.41) is 3.43. The Kier molecular flexibility index (Phi) is 4.22. The van der Waals surface area contributed by atoms with Gasteiger partial charge in [0.1, 0.15) is 0 Å². The molecule has 0 radical (unpaired) electrons. The van der Waals surface area contributed by atoms with Crippen molar-refractivity contribution in [1.82, 2.24) is 15.1 Å². The third-order valence-corrected chi connectivity index (χ3v) is 4.56. The van der Waals surface area contributed by atoms with Crippen LogP contribution in [0.4, 0.5) is 0 Å². The van der Waals surface area contributed by atoms with Gasteiger partial charge < -0.3 is 15.1 Å². The van der Waals surface area contributed by atoms with Crippen molar-refractivity contribution in [2.24, 2.45) is 0 Å². The van der Waals surface area contributed by atoms with E-state index in [-0.39, 0.29) is 0 Å². The van der Waals surface area contributed by atoms with Crippen LogP contribution in [0, 0.1) is 0 Å². The predicted molar refractivity (Wildman–Crippen MR) is 68.8 cm³/mol. The highest BCUT2D eigenvalue weighted by Gasteiger charge is 2.31. The van der Waals surface area contributed by atoms with Crippen molar-refractivity contribution in [3.63, 3.8) is 0 Å². The number of nitrogens with one attached hydrogen (secondary N) is 1. The fraction of sp³-hybridized carbons (Fsp3) is 1.00. The Morgan fingerprint density at radius 2 is 1.75 bits per heavy atom. The van der Waals surface area contributed by atoms with E-state index in [1.807, 2.05) is 0 Å². The molecule has 2 rings (SSSR count). The normalized spacial score (nSPS) is 33.8. The van der Waals surface area contributed by atoms with E-state index in [4.69, 9.17) is 0 Å². The van der Waals surface area contributed by atoms with Gasteiger partial charge in [0.15, 0.2) is 0 Å². The molecule has 2 aliphatic rings. The van der Waals surface area contributed by atoms with E-state index in [1.54, 1.807) is 0 Å². The smallest absolute Gasteiger partial charge is 0.0113 e. The minimum absolute atomic E-state index is 0.775. The highest BCUT2D eigenvalue weighted by atomic mass is 15.2. The molecule has 1 N–H and O–H groups in total. The van der Waals surface area contributed by atoms with Crippen LogP contribution in [0.2, 0.25) is 0 Å². The van der Waals surface area contributed by atoms with Gasteiger partial charge in [-0.2, -0.15) is 0 Å². The summed E-state index contributed by atoms with van der Waals surface area (Å²) in [6.45, 7) is 2.62. The van der Waals surface area contributed by atoms with Gasteiger partial charge in [0.25, 0.3) is 0 Å². The molecule has 2 unspecified atom stereocenters. The summed E-state index contributed by atoms with van der Waals surface area (Å²) in [4.78, 5) is 5.12. The first-order valence-corrected chi connectivity index (χ1v) is 6.78. The SMILES string of the molecule is CNC1CCC(N2CCC(N(C)C)CC2)C1. The zero-order valence-corrected chi connectivity index (χ0v) is 11.1. The summed E-state index contributed by atoms with van der Waals surface area (Å²) in [5.41, 5.74) is 0. The lowest BCUT2D eigenvalue weighted by Crippen LogP contribution is -2.45. The van der Waals surface area contributed by atoms with Crippen LogP contribution in [0.15, 0.2) is 0 Å². The van der Waals surface area contributed by atoms with Crippen molar-refractivity contribution in [1.29, 1.82) is 0 Å². The third kappa shape index (κ3) is 2.76. The summed E-state index contributed by atoms with van der Waals surface area (Å²) >= 11 is 0. The lowest BCUT2D eigenvalue weighted by Gasteiger charge is -2.38. The van der Waals surface area contributed by atoms with Crippen molar-refractivity contribution in [2.75, 3.05) is 34.2 Å². The maximum Gasteiger partial charge on any atom is 0.0113 e. The van der Waals surface area contributed by atoms with E-state index in [1.165, 1.54) is 45.2 Å². The topological polar surface area (TPSA) is 18.5 Å². The number of nitrogens with zero attached hydrogens (tertiary/aromatic N) is 2. The lowest BCUT2D eigenvalue weighted by atomic mass is 10.0. The molecule has 0 spiro atoms. The molecule has 1 aliphatic carbocycles. The van der Waals surface area contributed by atoms with Crippen LogP contribution in [0.3, 0.4) is 0 Å². The number of hydrogen-bond acceptors (Lipinski definition) is 3. The molecule has 16 heavy (non-hydrogen) atoms. The first-order valence-electron chi connectivity index (χ1n) is 6.78. The molecule has 0 bridgehead atoms. The number of likely N-dealkylation sites (tertiary alicyclic amines) is 1. The molecule has 0 amide bonds. The fourth-order valence-corrected chi connectivity index (χ4v) is 3.32. The first kappa shape index (κ1) is 12.3. The summed E-state index contributed by atoms with van der Waals surface area (Å²) in [5.74, 6) is 0. The second kappa shape index (κ2) is 5.48. The zero-order valence-electron chi connectivity index (χ0n) is 11.1. The van der Waals surface area contributed by atoms with Crippen LogP contribution in [0.5, 0.6) is 0 Å². The van der Waals surface area contributed by atoms with Crippen molar-refractivity contribution < 1.29 is 0 Å². The van der Waals surface area contributed by atoms with E-state index in [9.17, 15) is 0 Å². The molecular weight excluding hydrogens is 198 g/mol. The van der Waals surface area contributed by atoms with Crippen LogP contribution in [-0.2, 0) is 0 Å². The third-order valence-electron chi connectivity index (χ3n) is 4.56. The summed E-state index contributed by atoms with van der Waals surface area (Å²) < 4.78 is 0. The maximum atomic E-state index is 3.43. The molecular formula is C13H27N3. The Morgan fingerprint density at radius 3 is 2.25 bits per heavy atom. The van der Waals surface area contributed by atoms with E-state index >= 15 is 0 Å². The van der Waals surface area contributed by atoms with Crippen LogP contribution in [0.1, 0.15) is 32.1 Å². The van der Waals surface area contributed by atoms with Crippen molar-refractivity contribution >= 4 is 0 Å². The van der Waals surface area contributed by atoms with Gasteiger partial charge in [-0.25, -0.2) is 0 Å². The van der Waals surface area contributed by atoms with E-state index < -0.39 is 0 Å². The summed E-state index contributed by atoms with van der Waals surface area (Å²) in [6, 6.07) is 2.45. The molecule has 2 atom stereocenters. The predicted octanol–water partition coefficient (Wildman–Crippen LogP) is 1.15. The number of piperidine rings is 1. The molecule has 1 saturated heterocycles. The Balaban J connectivity index is 1.77. The fourth-order valence-electron chi connectivity index (χ4n) is 3.32. The lowest BCUT2D eigenvalue weighted by molar-refractivity contribution is 0.109. The minimum atomic E-state index is 0.775. The summed E-state index contributed by atoms with van der Waals surface area (Å²) in [6.07, 6.45) is 6.84. The Hall–Kier alpha value is -0.120. The summed E-state index contributed by atoms with van der Waals surface area (Å²) in [7, 11) is 6.53. The monoisotopic (exact) mass is 225 g/mol. The zero-order chi connectivity index (χ0) is 11.5. The first-order chi connectivity index (χ1) is 7.70. The molecule has 3 nitrogen and oxygen atoms in total. The van der Waals surface area contributed by atoms with Crippen LogP contribution in [-0.4, -0.2) is 62.2 Å². The van der Waals surface area contributed by atoms with Crippen molar-refractivity contribution in [3.8, 4) is 0 Å². The van der Waals surface area contributed by atoms with Crippen LogP contribution in [0.25, 0.3) is 0 Å². The molecule has 0 aromatic heterocycles. The average Bonchev–Trinajstić information content (AvgIpc) is 2.77. The Bertz CT molecular complexity index is 209. The highest BCUT2D eigenvalue weighted by Crippen LogP contribution is 2.27. The number of rotatable bonds is 3. The quantitative estimate of drug-likeness (QED) is 0.777. The van der Waals surface area contributed by atoms with E-state index in [0.717, 1.165) is 18.1 Å². The van der Waals surface area contributed by atoms with Gasteiger partial charge in [-0.05, 0) is 66.3 Å². The second-order valence-corrected chi connectivity index (χ2v) is 5.68. The van der Waals surface area contributed by atoms with Gasteiger partial charge in [-0.3, -0.25) is 0 Å². The van der Waals surface area contributed by atoms with Gasteiger partial charge in [0.2, 0.25) is 0 Å². The molecule has 2 fully saturated rings. The molecule has 1 aliphatic heterocycles. The molecule has 0 aromatic rings. The average molecular weight is 225 g/mol. The van der Waals surface area contributed by atoms with Gasteiger partial charge in [-0.1, -0.05) is 0 Å². The largest absolute Gasteiger partial charge is 0.317 e. The molecule has 1 heterocycles. The Labute approximate surface area is 100 Å².